The van der Waals surface area contributed by atoms with E-state index < -0.39 is 11.6 Å². The third-order valence-corrected chi connectivity index (χ3v) is 7.19. The van der Waals surface area contributed by atoms with Gasteiger partial charge in [0, 0.05) is 23.5 Å². The molecule has 2 aromatic carbocycles. The molecule has 0 spiro atoms. The molecule has 172 valence electrons. The zero-order chi connectivity index (χ0) is 23.8. The Balaban J connectivity index is 1.82. The number of aliphatic hydroxyl groups is 1. The van der Waals surface area contributed by atoms with Crippen LogP contribution in [0, 0.1) is 11.3 Å². The van der Waals surface area contributed by atoms with E-state index in [0.29, 0.717) is 44.7 Å². The number of fused-ring (bicyclic) bond motifs is 1. The third-order valence-electron chi connectivity index (χ3n) is 5.97. The number of nitrogens with zero attached hydrogens (tertiary/aromatic N) is 2. The van der Waals surface area contributed by atoms with E-state index in [9.17, 15) is 15.2 Å². The number of amides is 1. The first-order valence-electron chi connectivity index (χ1n) is 10.2. The van der Waals surface area contributed by atoms with Crippen LogP contribution in [0.3, 0.4) is 0 Å². The molecule has 4 rings (SSSR count). The van der Waals surface area contributed by atoms with Crippen molar-refractivity contribution < 1.29 is 28.8 Å². The van der Waals surface area contributed by atoms with Gasteiger partial charge < -0.3 is 24.1 Å². The van der Waals surface area contributed by atoms with Gasteiger partial charge in [-0.3, -0.25) is 9.69 Å². The average molecular weight is 469 g/mol. The molecular formula is C24H24N2O6S. The Morgan fingerprint density at radius 3 is 2.36 bits per heavy atom. The minimum absolute atomic E-state index is 0.00603. The molecule has 0 aliphatic carbocycles. The van der Waals surface area contributed by atoms with E-state index in [0.717, 1.165) is 0 Å². The lowest BCUT2D eigenvalue weighted by Crippen LogP contribution is -2.48. The van der Waals surface area contributed by atoms with Gasteiger partial charge in [0.05, 0.1) is 50.9 Å². The molecule has 0 unspecified atom stereocenters. The normalized spacial score (nSPS) is 22.0. The smallest absolute Gasteiger partial charge is 0.231 e. The van der Waals surface area contributed by atoms with Crippen LogP contribution in [-0.4, -0.2) is 50.1 Å². The van der Waals surface area contributed by atoms with Crippen LogP contribution >= 0.6 is 11.8 Å². The standard InChI is InChI=1S/C24H24N2O6S/c1-29-15-6-8-19(30-2)17(10-15)16-11-22(27)26-23(18(16)12-25)33-13-24(26,28)14-5-7-20(31-3)21(9-14)32-4/h5-10,16,28H,11,13H2,1-4H3/t16-,24-/m1/s1. The lowest BCUT2D eigenvalue weighted by atomic mass is 9.84. The summed E-state index contributed by atoms with van der Waals surface area (Å²) in [6.07, 6.45) is 0.00603. The van der Waals surface area contributed by atoms with E-state index in [4.69, 9.17) is 18.9 Å². The van der Waals surface area contributed by atoms with Gasteiger partial charge in [0.2, 0.25) is 5.91 Å². The second kappa shape index (κ2) is 8.89. The molecule has 2 heterocycles. The number of allylic oxidation sites excluding steroid dienone is 1. The summed E-state index contributed by atoms with van der Waals surface area (Å²) in [5.74, 6) is 1.49. The molecule has 33 heavy (non-hydrogen) atoms. The number of nitriles is 1. The van der Waals surface area contributed by atoms with Crippen molar-refractivity contribution in [2.24, 2.45) is 0 Å². The summed E-state index contributed by atoms with van der Waals surface area (Å²) >= 11 is 1.28. The highest BCUT2D eigenvalue weighted by molar-refractivity contribution is 8.03. The first-order chi connectivity index (χ1) is 15.9. The summed E-state index contributed by atoms with van der Waals surface area (Å²) in [5.41, 5.74) is -0.0494. The highest BCUT2D eigenvalue weighted by atomic mass is 32.2. The van der Waals surface area contributed by atoms with Gasteiger partial charge in [0.25, 0.3) is 0 Å². The summed E-state index contributed by atoms with van der Waals surface area (Å²) < 4.78 is 21.5. The van der Waals surface area contributed by atoms with E-state index in [1.54, 1.807) is 50.6 Å². The van der Waals surface area contributed by atoms with Gasteiger partial charge in [-0.1, -0.05) is 6.07 Å². The molecule has 0 aromatic heterocycles. The zero-order valence-corrected chi connectivity index (χ0v) is 19.6. The van der Waals surface area contributed by atoms with Crippen molar-refractivity contribution in [2.45, 2.75) is 18.1 Å². The van der Waals surface area contributed by atoms with Crippen LogP contribution in [0.1, 0.15) is 23.5 Å². The van der Waals surface area contributed by atoms with Gasteiger partial charge in [-0.2, -0.15) is 5.26 Å². The van der Waals surface area contributed by atoms with Crippen molar-refractivity contribution in [1.29, 1.82) is 5.26 Å². The number of rotatable bonds is 6. The zero-order valence-electron chi connectivity index (χ0n) is 18.7. The predicted molar refractivity (Wildman–Crippen MR) is 122 cm³/mol. The predicted octanol–water partition coefficient (Wildman–Crippen LogP) is 3.36. The lowest BCUT2D eigenvalue weighted by molar-refractivity contribution is -0.149. The Kier molecular flexibility index (Phi) is 6.15. The van der Waals surface area contributed by atoms with Crippen LogP contribution < -0.4 is 18.9 Å². The first kappa shape index (κ1) is 22.8. The van der Waals surface area contributed by atoms with Gasteiger partial charge in [-0.25, -0.2) is 0 Å². The van der Waals surface area contributed by atoms with Crippen molar-refractivity contribution in [2.75, 3.05) is 34.2 Å². The van der Waals surface area contributed by atoms with Crippen LogP contribution in [0.2, 0.25) is 0 Å². The molecule has 2 aliphatic rings. The Hall–Kier alpha value is -3.35. The van der Waals surface area contributed by atoms with E-state index in [-0.39, 0.29) is 18.1 Å². The van der Waals surface area contributed by atoms with Crippen molar-refractivity contribution >= 4 is 17.7 Å². The number of methoxy groups -OCH3 is 4. The molecule has 1 saturated heterocycles. The summed E-state index contributed by atoms with van der Waals surface area (Å²) in [6.45, 7) is 0. The highest BCUT2D eigenvalue weighted by Gasteiger charge is 2.52. The second-order valence-electron chi connectivity index (χ2n) is 7.60. The fraction of sp³-hybridized carbons (Fsp3) is 0.333. The topological polar surface area (TPSA) is 101 Å². The summed E-state index contributed by atoms with van der Waals surface area (Å²) in [5, 5.41) is 22.2. The fourth-order valence-electron chi connectivity index (χ4n) is 4.30. The van der Waals surface area contributed by atoms with Gasteiger partial charge in [-0.15, -0.1) is 11.8 Å². The van der Waals surface area contributed by atoms with Crippen molar-refractivity contribution in [3.63, 3.8) is 0 Å². The molecule has 0 radical (unpaired) electrons. The molecule has 2 atom stereocenters. The Morgan fingerprint density at radius 1 is 1.03 bits per heavy atom. The van der Waals surface area contributed by atoms with E-state index in [1.165, 1.54) is 30.9 Å². The molecule has 2 aromatic rings. The molecule has 9 heteroatoms. The summed E-state index contributed by atoms with van der Waals surface area (Å²) in [4.78, 5) is 14.8. The van der Waals surface area contributed by atoms with Gasteiger partial charge >= 0.3 is 0 Å². The first-order valence-corrected chi connectivity index (χ1v) is 11.2. The van der Waals surface area contributed by atoms with Gasteiger partial charge in [0.15, 0.2) is 17.2 Å². The number of hydrogen-bond donors (Lipinski definition) is 1. The number of hydrogen-bond acceptors (Lipinski definition) is 8. The largest absolute Gasteiger partial charge is 0.497 e. The maximum atomic E-state index is 13.4. The van der Waals surface area contributed by atoms with Crippen LogP contribution in [-0.2, 0) is 10.5 Å². The van der Waals surface area contributed by atoms with Crippen LogP contribution in [0.25, 0.3) is 0 Å². The molecule has 2 aliphatic heterocycles. The Bertz CT molecular complexity index is 1170. The van der Waals surface area contributed by atoms with Crippen molar-refractivity contribution in [1.82, 2.24) is 4.90 Å². The highest BCUT2D eigenvalue weighted by Crippen LogP contribution is 2.53. The van der Waals surface area contributed by atoms with E-state index >= 15 is 0 Å². The number of thioether (sulfide) groups is 1. The third kappa shape index (κ3) is 3.65. The Morgan fingerprint density at radius 2 is 1.73 bits per heavy atom. The summed E-state index contributed by atoms with van der Waals surface area (Å²) in [6, 6.07) is 12.6. The van der Waals surface area contributed by atoms with E-state index in [2.05, 4.69) is 6.07 Å². The monoisotopic (exact) mass is 468 g/mol. The molecule has 1 amide bonds. The number of carbonyl (C=O) groups excluding carboxylic acids is 1. The molecule has 1 fully saturated rings. The second-order valence-corrected chi connectivity index (χ2v) is 8.56. The number of ether oxygens (including phenoxy) is 4. The van der Waals surface area contributed by atoms with Crippen LogP contribution in [0.4, 0.5) is 0 Å². The van der Waals surface area contributed by atoms with Gasteiger partial charge in [-0.05, 0) is 30.3 Å². The molecular weight excluding hydrogens is 444 g/mol. The average Bonchev–Trinajstić information content (AvgIpc) is 3.21. The molecule has 1 N–H and O–H groups in total. The quantitative estimate of drug-likeness (QED) is 0.689. The van der Waals surface area contributed by atoms with Crippen molar-refractivity contribution in [3.8, 4) is 29.1 Å². The van der Waals surface area contributed by atoms with Gasteiger partial charge in [0.1, 0.15) is 11.5 Å². The minimum atomic E-state index is -1.62. The fourth-order valence-corrected chi connectivity index (χ4v) is 5.66. The van der Waals surface area contributed by atoms with Crippen molar-refractivity contribution in [3.05, 3.63) is 58.1 Å². The minimum Gasteiger partial charge on any atom is -0.497 e. The summed E-state index contributed by atoms with van der Waals surface area (Å²) in [7, 11) is 6.13. The molecule has 0 saturated carbocycles. The maximum Gasteiger partial charge on any atom is 0.231 e. The van der Waals surface area contributed by atoms with Crippen LogP contribution in [0.5, 0.6) is 23.0 Å². The number of carbonyl (C=O) groups is 1. The SMILES string of the molecule is COc1ccc(OC)c([C@H]2CC(=O)N3C(=C2C#N)SC[C@@]3(O)c2ccc(OC)c(OC)c2)c1. The molecule has 0 bridgehead atoms. The van der Waals surface area contributed by atoms with Crippen LogP contribution in [0.15, 0.2) is 47.0 Å². The lowest BCUT2D eigenvalue weighted by Gasteiger charge is -2.38. The maximum absolute atomic E-state index is 13.4. The number of benzene rings is 2. The Labute approximate surface area is 196 Å². The van der Waals surface area contributed by atoms with E-state index in [1.807, 2.05) is 0 Å². The molecule has 8 nitrogen and oxygen atoms in total.